The van der Waals surface area contributed by atoms with E-state index in [4.69, 9.17) is 14.8 Å². The van der Waals surface area contributed by atoms with Crippen molar-refractivity contribution in [3.05, 3.63) is 42.0 Å². The van der Waals surface area contributed by atoms with Crippen molar-refractivity contribution >= 4 is 27.2 Å². The van der Waals surface area contributed by atoms with Gasteiger partial charge in [-0.15, -0.1) is 0 Å². The lowest BCUT2D eigenvalue weighted by Gasteiger charge is -2.25. The molecule has 3 aromatic heterocycles. The lowest BCUT2D eigenvalue weighted by Crippen LogP contribution is -2.30. The number of thiazole rings is 1. The molecular weight excluding hydrogens is 370 g/mol. The quantitative estimate of drug-likeness (QED) is 0.576. The zero-order chi connectivity index (χ0) is 18.7. The third kappa shape index (κ3) is 2.69. The third-order valence-corrected chi connectivity index (χ3v) is 7.07. The molecule has 4 aromatic rings. The van der Waals surface area contributed by atoms with Crippen LogP contribution in [0.1, 0.15) is 36.1 Å². The molecule has 6 rings (SSSR count). The molecular formula is C21H23N5OS. The summed E-state index contributed by atoms with van der Waals surface area (Å²) < 4.78 is 9.58. The van der Waals surface area contributed by atoms with E-state index in [0.717, 1.165) is 36.8 Å². The first-order valence-electron chi connectivity index (χ1n) is 10.0. The van der Waals surface area contributed by atoms with Gasteiger partial charge >= 0.3 is 0 Å². The number of fused-ring (bicyclic) bond motifs is 2. The zero-order valence-corrected chi connectivity index (χ0v) is 16.7. The number of aryl methyl sites for hydroxylation is 1. The monoisotopic (exact) mass is 393 g/mol. The Balaban J connectivity index is 1.35. The van der Waals surface area contributed by atoms with E-state index in [9.17, 15) is 0 Å². The van der Waals surface area contributed by atoms with Gasteiger partial charge < -0.3 is 10.1 Å². The molecule has 28 heavy (non-hydrogen) atoms. The van der Waals surface area contributed by atoms with Crippen LogP contribution in [0.15, 0.2) is 30.7 Å². The van der Waals surface area contributed by atoms with Crippen molar-refractivity contribution in [2.24, 2.45) is 0 Å². The summed E-state index contributed by atoms with van der Waals surface area (Å²) in [5.74, 6) is 0.594. The largest absolute Gasteiger partial charge is 0.377 e. The highest BCUT2D eigenvalue weighted by molar-refractivity contribution is 7.20. The van der Waals surface area contributed by atoms with E-state index in [1.54, 1.807) is 11.3 Å². The summed E-state index contributed by atoms with van der Waals surface area (Å²) >= 11 is 1.77. The summed E-state index contributed by atoms with van der Waals surface area (Å²) in [6, 6.07) is 4.88. The van der Waals surface area contributed by atoms with Gasteiger partial charge in [0, 0.05) is 29.9 Å². The molecule has 0 amide bonds. The van der Waals surface area contributed by atoms with Crippen LogP contribution in [0.2, 0.25) is 0 Å². The molecule has 0 unspecified atom stereocenters. The minimum absolute atomic E-state index is 0.383. The molecule has 0 saturated carbocycles. The Labute approximate surface area is 167 Å². The van der Waals surface area contributed by atoms with Crippen molar-refractivity contribution in [3.8, 4) is 10.4 Å². The van der Waals surface area contributed by atoms with E-state index < -0.39 is 0 Å². The second-order valence-electron chi connectivity index (χ2n) is 8.01. The number of aromatic nitrogens is 4. The first kappa shape index (κ1) is 16.7. The van der Waals surface area contributed by atoms with Crippen LogP contribution in [0.4, 0.5) is 0 Å². The smallest absolute Gasteiger partial charge is 0.194 e. The highest BCUT2D eigenvalue weighted by Crippen LogP contribution is 2.34. The minimum Gasteiger partial charge on any atom is -0.377 e. The van der Waals surface area contributed by atoms with Gasteiger partial charge in [0.05, 0.1) is 35.3 Å². The normalized spacial score (nSPS) is 18.9. The van der Waals surface area contributed by atoms with Crippen LogP contribution in [0.3, 0.4) is 0 Å². The molecule has 7 heteroatoms. The SMILES string of the molecule is Cc1cc(-c2cn3cc(C4CCNCC4)nc3s2)cc2cn(C3COC3)nc12. The van der Waals surface area contributed by atoms with Gasteiger partial charge in [-0.25, -0.2) is 4.98 Å². The summed E-state index contributed by atoms with van der Waals surface area (Å²) in [5.41, 5.74) is 4.79. The van der Waals surface area contributed by atoms with Crippen molar-refractivity contribution in [1.29, 1.82) is 0 Å². The van der Waals surface area contributed by atoms with Crippen LogP contribution in [0.5, 0.6) is 0 Å². The third-order valence-electron chi connectivity index (χ3n) is 6.03. The average Bonchev–Trinajstić information content (AvgIpc) is 3.33. The summed E-state index contributed by atoms with van der Waals surface area (Å²) in [5, 5.41) is 9.41. The van der Waals surface area contributed by atoms with E-state index in [0.29, 0.717) is 12.0 Å². The Kier molecular flexibility index (Phi) is 3.82. The number of nitrogens with zero attached hydrogens (tertiary/aromatic N) is 4. The number of rotatable bonds is 3. The van der Waals surface area contributed by atoms with Gasteiger partial charge in [-0.1, -0.05) is 11.3 Å². The van der Waals surface area contributed by atoms with Gasteiger partial charge in [0.2, 0.25) is 0 Å². The molecule has 0 atom stereocenters. The topological polar surface area (TPSA) is 56.4 Å². The van der Waals surface area contributed by atoms with Crippen LogP contribution in [-0.4, -0.2) is 45.5 Å². The van der Waals surface area contributed by atoms with Crippen molar-refractivity contribution in [3.63, 3.8) is 0 Å². The molecule has 5 heterocycles. The second-order valence-corrected chi connectivity index (χ2v) is 9.02. The molecule has 0 aliphatic carbocycles. The second kappa shape index (κ2) is 6.40. The molecule has 144 valence electrons. The van der Waals surface area contributed by atoms with Crippen LogP contribution >= 0.6 is 11.3 Å². The van der Waals surface area contributed by atoms with Crippen molar-refractivity contribution in [1.82, 2.24) is 24.5 Å². The molecule has 0 bridgehead atoms. The maximum atomic E-state index is 5.31. The number of piperidine rings is 1. The number of benzene rings is 1. The van der Waals surface area contributed by atoms with Crippen molar-refractivity contribution in [2.75, 3.05) is 26.3 Å². The molecule has 1 aromatic carbocycles. The summed E-state index contributed by atoms with van der Waals surface area (Å²) in [6.45, 7) is 5.87. The Hall–Kier alpha value is -2.22. The maximum Gasteiger partial charge on any atom is 0.194 e. The highest BCUT2D eigenvalue weighted by atomic mass is 32.1. The fourth-order valence-corrected chi connectivity index (χ4v) is 5.26. The fraction of sp³-hybridized carbons (Fsp3) is 0.429. The molecule has 0 spiro atoms. The molecule has 2 saturated heterocycles. The Morgan fingerprint density at radius 2 is 2.00 bits per heavy atom. The molecule has 2 aliphatic heterocycles. The van der Waals surface area contributed by atoms with Crippen LogP contribution < -0.4 is 5.32 Å². The first-order chi connectivity index (χ1) is 13.7. The van der Waals surface area contributed by atoms with Crippen LogP contribution in [-0.2, 0) is 4.74 Å². The highest BCUT2D eigenvalue weighted by Gasteiger charge is 2.22. The van der Waals surface area contributed by atoms with Crippen molar-refractivity contribution < 1.29 is 4.74 Å². The number of hydrogen-bond donors (Lipinski definition) is 1. The Bertz CT molecular complexity index is 1130. The van der Waals surface area contributed by atoms with Crippen LogP contribution in [0.25, 0.3) is 26.3 Å². The molecule has 2 fully saturated rings. The van der Waals surface area contributed by atoms with E-state index in [-0.39, 0.29) is 0 Å². The molecule has 1 N–H and O–H groups in total. The van der Waals surface area contributed by atoms with E-state index in [1.807, 2.05) is 0 Å². The standard InChI is InChI=1S/C21H23N5OS/c1-13-6-15(7-16-8-26(24-20(13)16)17-11-27-12-17)19-10-25-9-18(23-21(25)28-19)14-2-4-22-5-3-14/h6-10,14,17,22H,2-5,11-12H2,1H3. The van der Waals surface area contributed by atoms with Gasteiger partial charge in [-0.2, -0.15) is 5.10 Å². The number of ether oxygens (including phenoxy) is 1. The Morgan fingerprint density at radius 3 is 2.75 bits per heavy atom. The molecule has 6 nitrogen and oxygen atoms in total. The van der Waals surface area contributed by atoms with Crippen molar-refractivity contribution in [2.45, 2.75) is 31.7 Å². The van der Waals surface area contributed by atoms with Gasteiger partial charge in [0.25, 0.3) is 0 Å². The fourth-order valence-electron chi connectivity index (χ4n) is 4.30. The van der Waals surface area contributed by atoms with E-state index in [1.165, 1.54) is 39.9 Å². The Morgan fingerprint density at radius 1 is 1.14 bits per heavy atom. The number of nitrogens with one attached hydrogen (secondary N) is 1. The van der Waals surface area contributed by atoms with Gasteiger partial charge in [0.1, 0.15) is 0 Å². The molecule has 0 radical (unpaired) electrons. The number of hydrogen-bond acceptors (Lipinski definition) is 5. The van der Waals surface area contributed by atoms with Gasteiger partial charge in [-0.3, -0.25) is 9.08 Å². The zero-order valence-electron chi connectivity index (χ0n) is 15.9. The lowest BCUT2D eigenvalue weighted by molar-refractivity contribution is -0.0283. The summed E-state index contributed by atoms with van der Waals surface area (Å²) in [4.78, 5) is 7.28. The van der Waals surface area contributed by atoms with Crippen LogP contribution in [0, 0.1) is 6.92 Å². The predicted octanol–water partition coefficient (Wildman–Crippen LogP) is 3.76. The maximum absolute atomic E-state index is 5.31. The summed E-state index contributed by atoms with van der Waals surface area (Å²) in [7, 11) is 0. The number of imidazole rings is 1. The van der Waals surface area contributed by atoms with Gasteiger partial charge in [0.15, 0.2) is 4.96 Å². The van der Waals surface area contributed by atoms with E-state index >= 15 is 0 Å². The predicted molar refractivity (Wildman–Crippen MR) is 111 cm³/mol. The lowest BCUT2D eigenvalue weighted by atomic mass is 9.95. The minimum atomic E-state index is 0.383. The summed E-state index contributed by atoms with van der Waals surface area (Å²) in [6.07, 6.45) is 8.98. The average molecular weight is 394 g/mol. The first-order valence-corrected chi connectivity index (χ1v) is 10.8. The van der Waals surface area contributed by atoms with Gasteiger partial charge in [-0.05, 0) is 56.1 Å². The van der Waals surface area contributed by atoms with E-state index in [2.05, 4.69) is 52.0 Å². The molecule has 2 aliphatic rings.